The number of anilines is 3. The molecule has 0 unspecified atom stereocenters. The number of rotatable bonds is 10. The van der Waals surface area contributed by atoms with Crippen molar-refractivity contribution in [3.63, 3.8) is 0 Å². The van der Waals surface area contributed by atoms with Gasteiger partial charge in [0.25, 0.3) is 0 Å². The Kier molecular flexibility index (Phi) is 10.2. The molecular weight excluding hydrogens is 935 g/mol. The lowest BCUT2D eigenvalue weighted by molar-refractivity contribution is 1.18. The molecule has 0 saturated heterocycles. The topological polar surface area (TPSA) is 12.6 Å². The number of aromatic nitrogens is 2. The third kappa shape index (κ3) is 6.81. The second-order valence-electron chi connectivity index (χ2n) is 20.0. The zero-order valence-electron chi connectivity index (χ0n) is 41.6. The molecule has 0 aliphatic carbocycles. The van der Waals surface area contributed by atoms with Crippen LogP contribution in [0.2, 0.25) is 0 Å². The van der Waals surface area contributed by atoms with Gasteiger partial charge in [0.05, 0.1) is 27.6 Å². The fourth-order valence-corrected chi connectivity index (χ4v) is 17.3. The van der Waals surface area contributed by atoms with Crippen LogP contribution in [0.25, 0.3) is 87.8 Å². The second-order valence-corrected chi connectivity index (χ2v) is 23.8. The second kappa shape index (κ2) is 17.7. The van der Waals surface area contributed by atoms with Gasteiger partial charge in [0.15, 0.2) is 8.07 Å². The summed E-state index contributed by atoms with van der Waals surface area (Å²) in [5.41, 5.74) is 15.3. The molecular formula is C72H49N3Si. The molecule has 4 heteroatoms. The SMILES string of the molecule is c1ccc(-n2c3ccccc3c3ccc(-c4ccc(N(c5ccc(-c6ccc7c8cccc9c%10ccccc%10n(c7c6)c98)cc5)c5ccc([Si](c6ccccc6)(c6ccccc6)c6ccccc6)cc5)cc4)cc32)cc1. The molecule has 0 N–H and O–H groups in total. The summed E-state index contributed by atoms with van der Waals surface area (Å²) in [5.74, 6) is 0. The van der Waals surface area contributed by atoms with Crippen molar-refractivity contribution in [2.75, 3.05) is 4.90 Å². The van der Waals surface area contributed by atoms with Gasteiger partial charge in [-0.05, 0) is 116 Å². The Bertz CT molecular complexity index is 4490. The molecule has 0 fully saturated rings. The minimum absolute atomic E-state index is 1.08. The van der Waals surface area contributed by atoms with Crippen LogP contribution in [0.15, 0.2) is 297 Å². The minimum atomic E-state index is -2.74. The smallest absolute Gasteiger partial charge is 0.179 e. The maximum absolute atomic E-state index is 2.74. The maximum Gasteiger partial charge on any atom is 0.179 e. The standard InChI is InChI=1S/C72H49N3Si/c1-5-18-54(19-6-1)74-68-30-15-13-26-62(68)64-46-36-52(48-70(64)74)50-32-38-55(39-33-50)73(57-42-44-61(45-43-57)76(58-20-7-2-8-21-58,59-22-9-3-10-23-59)60-24-11-4-12-25-60)56-40-34-51(35-41-56)53-37-47-65-67-29-17-28-66-63-27-14-16-31-69(63)75(72(66)67)71(65)49-53/h1-49H. The largest absolute Gasteiger partial charge is 0.311 e. The van der Waals surface area contributed by atoms with Gasteiger partial charge >= 0.3 is 0 Å². The summed E-state index contributed by atoms with van der Waals surface area (Å²) in [6.07, 6.45) is 0. The number of fused-ring (bicyclic) bond motifs is 9. The van der Waals surface area contributed by atoms with E-state index in [0.29, 0.717) is 0 Å². The lowest BCUT2D eigenvalue weighted by Gasteiger charge is -2.35. The van der Waals surface area contributed by atoms with Crippen molar-refractivity contribution in [2.45, 2.75) is 0 Å². The molecule has 3 nitrogen and oxygen atoms in total. The Morgan fingerprint density at radius 3 is 1.14 bits per heavy atom. The third-order valence-corrected chi connectivity index (χ3v) is 20.8. The lowest BCUT2D eigenvalue weighted by atomic mass is 10.0. The Morgan fingerprint density at radius 1 is 0.250 bits per heavy atom. The normalized spacial score (nSPS) is 11.9. The van der Waals surface area contributed by atoms with E-state index in [1.807, 2.05) is 0 Å². The minimum Gasteiger partial charge on any atom is -0.311 e. The van der Waals surface area contributed by atoms with E-state index in [2.05, 4.69) is 311 Å². The summed E-state index contributed by atoms with van der Waals surface area (Å²) in [7, 11) is -2.74. The van der Waals surface area contributed by atoms with Gasteiger partial charge in [-0.1, -0.05) is 224 Å². The molecule has 0 aliphatic rings. The van der Waals surface area contributed by atoms with Crippen LogP contribution in [0.5, 0.6) is 0 Å². The van der Waals surface area contributed by atoms with E-state index in [4.69, 9.17) is 0 Å². The van der Waals surface area contributed by atoms with Crippen LogP contribution >= 0.6 is 0 Å². The fraction of sp³-hybridized carbons (Fsp3) is 0. The number of hydrogen-bond donors (Lipinski definition) is 0. The van der Waals surface area contributed by atoms with Crippen molar-refractivity contribution in [3.8, 4) is 27.9 Å². The number of hydrogen-bond acceptors (Lipinski definition) is 1. The molecule has 3 heterocycles. The number of nitrogens with zero attached hydrogens (tertiary/aromatic N) is 3. The summed E-state index contributed by atoms with van der Waals surface area (Å²) >= 11 is 0. The molecule has 15 rings (SSSR count). The van der Waals surface area contributed by atoms with E-state index in [-0.39, 0.29) is 0 Å². The summed E-state index contributed by atoms with van der Waals surface area (Å²) in [6, 6.07) is 110. The maximum atomic E-state index is 2.47. The van der Waals surface area contributed by atoms with Crippen LogP contribution in [-0.2, 0) is 0 Å². The van der Waals surface area contributed by atoms with Crippen molar-refractivity contribution in [1.29, 1.82) is 0 Å². The summed E-state index contributed by atoms with van der Waals surface area (Å²) in [4.78, 5) is 2.41. The summed E-state index contributed by atoms with van der Waals surface area (Å²) in [5, 5.41) is 13.1. The molecule has 356 valence electrons. The third-order valence-electron chi connectivity index (χ3n) is 16.0. The Labute approximate surface area is 442 Å². The molecule has 0 spiro atoms. The van der Waals surface area contributed by atoms with Crippen LogP contribution in [0, 0.1) is 0 Å². The van der Waals surface area contributed by atoms with Crippen LogP contribution in [0.4, 0.5) is 17.1 Å². The van der Waals surface area contributed by atoms with Crippen LogP contribution in [0.3, 0.4) is 0 Å². The first kappa shape index (κ1) is 43.8. The van der Waals surface area contributed by atoms with E-state index in [1.165, 1.54) is 97.3 Å². The fourth-order valence-electron chi connectivity index (χ4n) is 12.6. The zero-order chi connectivity index (χ0) is 50.2. The Morgan fingerprint density at radius 2 is 0.618 bits per heavy atom. The molecule has 0 atom stereocenters. The van der Waals surface area contributed by atoms with Crippen molar-refractivity contribution >= 4 is 106 Å². The molecule has 0 aliphatic heterocycles. The first-order valence-electron chi connectivity index (χ1n) is 26.2. The van der Waals surface area contributed by atoms with E-state index < -0.39 is 8.07 Å². The summed E-state index contributed by atoms with van der Waals surface area (Å²) in [6.45, 7) is 0. The highest BCUT2D eigenvalue weighted by Gasteiger charge is 2.41. The molecule has 3 aromatic heterocycles. The summed E-state index contributed by atoms with van der Waals surface area (Å²) < 4.78 is 4.86. The van der Waals surface area contributed by atoms with Crippen molar-refractivity contribution in [2.24, 2.45) is 0 Å². The van der Waals surface area contributed by atoms with E-state index in [1.54, 1.807) is 0 Å². The number of benzene rings is 12. The van der Waals surface area contributed by atoms with Gasteiger partial charge in [0, 0.05) is 55.1 Å². The molecule has 76 heavy (non-hydrogen) atoms. The van der Waals surface area contributed by atoms with Gasteiger partial charge in [-0.2, -0.15) is 0 Å². The average molecular weight is 984 g/mol. The highest BCUT2D eigenvalue weighted by Crippen LogP contribution is 2.42. The van der Waals surface area contributed by atoms with Gasteiger partial charge in [-0.3, -0.25) is 0 Å². The van der Waals surface area contributed by atoms with Crippen molar-refractivity contribution in [3.05, 3.63) is 297 Å². The predicted octanol–water partition coefficient (Wildman–Crippen LogP) is 16.1. The molecule has 0 bridgehead atoms. The lowest BCUT2D eigenvalue weighted by Crippen LogP contribution is -2.74. The molecule has 0 saturated carbocycles. The van der Waals surface area contributed by atoms with Crippen LogP contribution in [-0.4, -0.2) is 17.0 Å². The molecule has 15 aromatic rings. The van der Waals surface area contributed by atoms with Gasteiger partial charge in [0.1, 0.15) is 0 Å². The van der Waals surface area contributed by atoms with Gasteiger partial charge in [0.2, 0.25) is 0 Å². The van der Waals surface area contributed by atoms with Gasteiger partial charge in [-0.25, -0.2) is 0 Å². The first-order valence-corrected chi connectivity index (χ1v) is 28.2. The van der Waals surface area contributed by atoms with E-state index in [9.17, 15) is 0 Å². The van der Waals surface area contributed by atoms with Gasteiger partial charge < -0.3 is 13.9 Å². The van der Waals surface area contributed by atoms with E-state index >= 15 is 0 Å². The highest BCUT2D eigenvalue weighted by molar-refractivity contribution is 7.19. The highest BCUT2D eigenvalue weighted by atomic mass is 28.3. The molecule has 0 radical (unpaired) electrons. The monoisotopic (exact) mass is 983 g/mol. The van der Waals surface area contributed by atoms with Crippen LogP contribution in [0.1, 0.15) is 0 Å². The van der Waals surface area contributed by atoms with Crippen LogP contribution < -0.4 is 25.6 Å². The molecule has 0 amide bonds. The number of para-hydroxylation sites is 4. The zero-order valence-corrected chi connectivity index (χ0v) is 42.6. The molecule has 12 aromatic carbocycles. The first-order chi connectivity index (χ1) is 37.7. The van der Waals surface area contributed by atoms with Crippen molar-refractivity contribution < 1.29 is 0 Å². The van der Waals surface area contributed by atoms with Gasteiger partial charge in [-0.15, -0.1) is 0 Å². The average Bonchev–Trinajstić information content (AvgIpc) is 4.17. The van der Waals surface area contributed by atoms with E-state index in [0.717, 1.165) is 28.3 Å². The Hall–Kier alpha value is -9.74. The Balaban J connectivity index is 0.859. The van der Waals surface area contributed by atoms with Crippen molar-refractivity contribution in [1.82, 2.24) is 8.97 Å². The quantitative estimate of drug-likeness (QED) is 0.0983. The predicted molar refractivity (Wildman–Crippen MR) is 325 cm³/mol.